The first-order valence-electron chi connectivity index (χ1n) is 8.79. The van der Waals surface area contributed by atoms with Gasteiger partial charge in [-0.2, -0.15) is 14.0 Å². The lowest BCUT2D eigenvalue weighted by atomic mass is 10.0. The Balaban J connectivity index is 1.88. The Labute approximate surface area is 169 Å². The number of hydrogen-bond acceptors (Lipinski definition) is 7. The van der Waals surface area contributed by atoms with Gasteiger partial charge in [0.05, 0.1) is 30.1 Å². The van der Waals surface area contributed by atoms with Crippen LogP contribution in [-0.2, 0) is 4.74 Å². The van der Waals surface area contributed by atoms with Crippen LogP contribution in [0.15, 0.2) is 36.6 Å². The van der Waals surface area contributed by atoms with Crippen LogP contribution < -0.4 is 16.4 Å². The van der Waals surface area contributed by atoms with E-state index < -0.39 is 36.1 Å². The molecular formula is C19H17F3N6O2. The van der Waals surface area contributed by atoms with E-state index in [1.54, 1.807) is 6.92 Å². The van der Waals surface area contributed by atoms with Crippen LogP contribution in [0.4, 0.5) is 19.0 Å². The number of anilines is 1. The minimum Gasteiger partial charge on any atom is -0.369 e. The molecule has 11 heteroatoms. The molecule has 1 saturated heterocycles. The van der Waals surface area contributed by atoms with Crippen molar-refractivity contribution in [1.82, 2.24) is 15.3 Å². The molecule has 3 atom stereocenters. The Kier molecular flexibility index (Phi) is 6.41. The van der Waals surface area contributed by atoms with Crippen LogP contribution in [0, 0.1) is 24.1 Å². The van der Waals surface area contributed by atoms with Crippen molar-refractivity contribution in [2.24, 2.45) is 5.73 Å². The Hall–Kier alpha value is -3.33. The molecule has 156 valence electrons. The van der Waals surface area contributed by atoms with Crippen molar-refractivity contribution in [2.45, 2.75) is 25.2 Å². The van der Waals surface area contributed by atoms with E-state index in [0.717, 1.165) is 6.07 Å². The third-order valence-electron chi connectivity index (χ3n) is 4.31. The van der Waals surface area contributed by atoms with Crippen LogP contribution in [0.1, 0.15) is 33.4 Å². The average molecular weight is 418 g/mol. The second kappa shape index (κ2) is 9.00. The van der Waals surface area contributed by atoms with Crippen molar-refractivity contribution in [2.75, 3.05) is 11.9 Å². The average Bonchev–Trinajstić information content (AvgIpc) is 2.70. The second-order valence-corrected chi connectivity index (χ2v) is 6.52. The molecule has 1 fully saturated rings. The van der Waals surface area contributed by atoms with Gasteiger partial charge < -0.3 is 15.8 Å². The zero-order valence-electron chi connectivity index (χ0n) is 15.7. The first-order chi connectivity index (χ1) is 14.3. The first-order valence-corrected chi connectivity index (χ1v) is 8.79. The van der Waals surface area contributed by atoms with Gasteiger partial charge >= 0.3 is 0 Å². The van der Waals surface area contributed by atoms with E-state index in [9.17, 15) is 18.0 Å². The summed E-state index contributed by atoms with van der Waals surface area (Å²) in [5, 5.41) is 14.2. The second-order valence-electron chi connectivity index (χ2n) is 6.52. The van der Waals surface area contributed by atoms with Crippen molar-refractivity contribution in [1.29, 1.82) is 5.26 Å². The predicted octanol–water partition coefficient (Wildman–Crippen LogP) is 2.14. The highest BCUT2D eigenvalue weighted by Gasteiger charge is 2.33. The molecule has 0 aliphatic carbocycles. The number of carbonyl (C=O) groups is 1. The molecule has 0 radical (unpaired) electrons. The van der Waals surface area contributed by atoms with E-state index in [-0.39, 0.29) is 23.8 Å². The molecule has 0 aromatic carbocycles. The van der Waals surface area contributed by atoms with Gasteiger partial charge in [0.1, 0.15) is 29.5 Å². The van der Waals surface area contributed by atoms with E-state index in [0.29, 0.717) is 17.2 Å². The number of amides is 1. The number of nitrogens with zero attached hydrogens (tertiary/aromatic N) is 3. The number of nitrogens with one attached hydrogen (secondary N) is 2. The first kappa shape index (κ1) is 21.4. The van der Waals surface area contributed by atoms with Gasteiger partial charge in [-0.3, -0.25) is 10.1 Å². The maximum absolute atomic E-state index is 14.4. The van der Waals surface area contributed by atoms with Gasteiger partial charge in [0.15, 0.2) is 0 Å². The minimum atomic E-state index is -1.99. The Morgan fingerprint density at radius 2 is 2.23 bits per heavy atom. The number of rotatable bonds is 4. The van der Waals surface area contributed by atoms with Gasteiger partial charge in [0.25, 0.3) is 12.0 Å². The Morgan fingerprint density at radius 1 is 1.47 bits per heavy atom. The molecule has 3 rings (SSSR count). The lowest BCUT2D eigenvalue weighted by molar-refractivity contribution is -0.00369. The number of halogens is 3. The molecule has 1 aliphatic heterocycles. The zero-order valence-corrected chi connectivity index (χ0v) is 15.7. The molecular weight excluding hydrogens is 401 g/mol. The Morgan fingerprint density at radius 3 is 2.90 bits per heavy atom. The molecule has 1 aliphatic rings. The van der Waals surface area contributed by atoms with Gasteiger partial charge in [-0.05, 0) is 30.7 Å². The van der Waals surface area contributed by atoms with E-state index >= 15 is 0 Å². The maximum Gasteiger partial charge on any atom is 0.275 e. The lowest BCUT2D eigenvalue weighted by Gasteiger charge is -2.34. The number of pyridine rings is 2. The monoisotopic (exact) mass is 418 g/mol. The molecule has 0 spiro atoms. The SMILES string of the molecule is Cc1cc(C#N)cnc1C(=O)Nc1ccc(F)c(C2NC(N)CO[C@@H]2C=C(F)F)n1. The summed E-state index contributed by atoms with van der Waals surface area (Å²) in [7, 11) is 0. The summed E-state index contributed by atoms with van der Waals surface area (Å²) in [4.78, 5) is 20.5. The topological polar surface area (TPSA) is 126 Å². The molecule has 0 bridgehead atoms. The van der Waals surface area contributed by atoms with Gasteiger partial charge in [0.2, 0.25) is 0 Å². The van der Waals surface area contributed by atoms with Crippen molar-refractivity contribution in [3.05, 3.63) is 64.9 Å². The number of nitriles is 1. The largest absolute Gasteiger partial charge is 0.369 e. The quantitative estimate of drug-likeness (QED) is 0.694. The van der Waals surface area contributed by atoms with Crippen molar-refractivity contribution in [3.8, 4) is 6.07 Å². The number of morpholine rings is 1. The van der Waals surface area contributed by atoms with Crippen LogP contribution >= 0.6 is 0 Å². The third kappa shape index (κ3) is 4.80. The fourth-order valence-corrected chi connectivity index (χ4v) is 2.98. The molecule has 2 aromatic rings. The van der Waals surface area contributed by atoms with Crippen LogP contribution in [0.3, 0.4) is 0 Å². The van der Waals surface area contributed by atoms with E-state index in [1.807, 2.05) is 6.07 Å². The molecule has 2 unspecified atom stereocenters. The summed E-state index contributed by atoms with van der Waals surface area (Å²) in [6.45, 7) is 1.56. The molecule has 4 N–H and O–H groups in total. The smallest absolute Gasteiger partial charge is 0.275 e. The number of nitrogens with two attached hydrogens (primary N) is 1. The molecule has 30 heavy (non-hydrogen) atoms. The number of carbonyl (C=O) groups excluding carboxylic acids is 1. The number of aromatic nitrogens is 2. The fraction of sp³-hybridized carbons (Fsp3) is 0.263. The minimum absolute atomic E-state index is 0.0219. The predicted molar refractivity (Wildman–Crippen MR) is 99.7 cm³/mol. The van der Waals surface area contributed by atoms with Gasteiger partial charge in [0, 0.05) is 12.3 Å². The summed E-state index contributed by atoms with van der Waals surface area (Å²) in [5.41, 5.74) is 6.32. The standard InChI is InChI=1S/C19H17F3N6O2/c1-9-4-10(6-23)7-25-16(9)19(29)28-15-3-2-11(20)17(27-15)18-12(5-13(21)22)30-8-14(24)26-18/h2-5,7,12,14,18,26H,8,24H2,1H3,(H,27,28,29)/t12-,14?,18?/m1/s1. The van der Waals surface area contributed by atoms with Crippen molar-refractivity contribution in [3.63, 3.8) is 0 Å². The highest BCUT2D eigenvalue weighted by Crippen LogP contribution is 2.27. The maximum atomic E-state index is 14.4. The number of aryl methyl sites for hydroxylation is 1. The highest BCUT2D eigenvalue weighted by molar-refractivity contribution is 6.03. The molecule has 2 aromatic heterocycles. The third-order valence-corrected chi connectivity index (χ3v) is 4.31. The summed E-state index contributed by atoms with van der Waals surface area (Å²) >= 11 is 0. The molecule has 3 heterocycles. The summed E-state index contributed by atoms with van der Waals surface area (Å²) in [5.74, 6) is -1.43. The van der Waals surface area contributed by atoms with Crippen molar-refractivity contribution < 1.29 is 22.7 Å². The zero-order chi connectivity index (χ0) is 21.8. The number of ether oxygens (including phenoxy) is 1. The van der Waals surface area contributed by atoms with Crippen LogP contribution in [0.5, 0.6) is 0 Å². The molecule has 8 nitrogen and oxygen atoms in total. The van der Waals surface area contributed by atoms with Gasteiger partial charge in [-0.25, -0.2) is 14.4 Å². The van der Waals surface area contributed by atoms with Gasteiger partial charge in [-0.1, -0.05) is 0 Å². The summed E-state index contributed by atoms with van der Waals surface area (Å²) in [6, 6.07) is 4.59. The molecule has 0 saturated carbocycles. The number of hydrogen-bond donors (Lipinski definition) is 3. The van der Waals surface area contributed by atoms with Gasteiger partial charge in [-0.15, -0.1) is 0 Å². The normalized spacial score (nSPS) is 20.9. The van der Waals surface area contributed by atoms with Crippen LogP contribution in [0.2, 0.25) is 0 Å². The van der Waals surface area contributed by atoms with E-state index in [2.05, 4.69) is 20.6 Å². The van der Waals surface area contributed by atoms with E-state index in [1.165, 1.54) is 18.3 Å². The fourth-order valence-electron chi connectivity index (χ4n) is 2.98. The molecule has 1 amide bonds. The Bertz CT molecular complexity index is 1040. The van der Waals surface area contributed by atoms with Crippen LogP contribution in [-0.4, -0.2) is 34.8 Å². The highest BCUT2D eigenvalue weighted by atomic mass is 19.3. The van der Waals surface area contributed by atoms with E-state index in [4.69, 9.17) is 15.7 Å². The summed E-state index contributed by atoms with van der Waals surface area (Å²) < 4.78 is 45.2. The lowest BCUT2D eigenvalue weighted by Crippen LogP contribution is -2.53. The summed E-state index contributed by atoms with van der Waals surface area (Å²) in [6.07, 6.45) is -2.12. The van der Waals surface area contributed by atoms with Crippen LogP contribution in [0.25, 0.3) is 0 Å². The van der Waals surface area contributed by atoms with Crippen molar-refractivity contribution >= 4 is 11.7 Å².